The SMILES string of the molecule is OC(O)CCCCn1nc2c(-c3ccc(N(c4ccccc4)c4ccccc4)cc3)ccc(-c3ccc(N(c4ccccc4)c4ccccc4)cc3)c2n1. The summed E-state index contributed by atoms with van der Waals surface area (Å²) in [6.45, 7) is 0.574. The van der Waals surface area contributed by atoms with Crippen molar-refractivity contribution in [2.45, 2.75) is 32.1 Å². The molecule has 7 nitrogen and oxygen atoms in total. The topological polar surface area (TPSA) is 77.7 Å². The fourth-order valence-electron chi connectivity index (χ4n) is 6.96. The van der Waals surface area contributed by atoms with Crippen molar-refractivity contribution in [2.75, 3.05) is 9.80 Å². The normalized spacial score (nSPS) is 11.2. The van der Waals surface area contributed by atoms with Gasteiger partial charge in [0.25, 0.3) is 0 Å². The summed E-state index contributed by atoms with van der Waals surface area (Å²) in [7, 11) is 0. The lowest BCUT2D eigenvalue weighted by molar-refractivity contribution is -0.0467. The molecule has 0 saturated heterocycles. The first kappa shape index (κ1) is 34.5. The van der Waals surface area contributed by atoms with Crippen LogP contribution in [0.5, 0.6) is 0 Å². The van der Waals surface area contributed by atoms with Crippen molar-refractivity contribution in [3.8, 4) is 22.3 Å². The number of aliphatic hydroxyl groups is 2. The summed E-state index contributed by atoms with van der Waals surface area (Å²) in [5, 5.41) is 28.8. The van der Waals surface area contributed by atoms with Gasteiger partial charge in [0.15, 0.2) is 6.29 Å². The van der Waals surface area contributed by atoms with E-state index in [1.54, 1.807) is 4.80 Å². The van der Waals surface area contributed by atoms with E-state index in [0.717, 1.165) is 73.8 Å². The van der Waals surface area contributed by atoms with E-state index in [1.165, 1.54) is 0 Å². The van der Waals surface area contributed by atoms with Crippen LogP contribution in [0, 0.1) is 0 Å². The van der Waals surface area contributed by atoms with Gasteiger partial charge in [0.05, 0.1) is 6.54 Å². The van der Waals surface area contributed by atoms with E-state index in [4.69, 9.17) is 10.2 Å². The van der Waals surface area contributed by atoms with Crippen molar-refractivity contribution in [1.82, 2.24) is 15.0 Å². The van der Waals surface area contributed by atoms with Crippen molar-refractivity contribution >= 4 is 45.2 Å². The molecule has 7 heteroatoms. The van der Waals surface area contributed by atoms with Crippen LogP contribution in [-0.2, 0) is 6.54 Å². The van der Waals surface area contributed by atoms with Gasteiger partial charge in [-0.2, -0.15) is 15.0 Å². The summed E-state index contributed by atoms with van der Waals surface area (Å²) in [6, 6.07) is 63.1. The van der Waals surface area contributed by atoms with Crippen LogP contribution < -0.4 is 9.80 Å². The Hall–Kier alpha value is -6.54. The van der Waals surface area contributed by atoms with E-state index in [2.05, 4.69) is 168 Å². The minimum Gasteiger partial charge on any atom is -0.368 e. The van der Waals surface area contributed by atoms with E-state index >= 15 is 0 Å². The highest BCUT2D eigenvalue weighted by molar-refractivity contribution is 6.00. The van der Waals surface area contributed by atoms with Gasteiger partial charge in [-0.05, 0) is 103 Å². The number of aliphatic hydroxyl groups excluding tert-OH is 1. The molecule has 2 N–H and O–H groups in total. The largest absolute Gasteiger partial charge is 0.368 e. The predicted molar refractivity (Wildman–Crippen MR) is 220 cm³/mol. The Kier molecular flexibility index (Phi) is 10.2. The number of nitrogens with zero attached hydrogens (tertiary/aromatic N) is 5. The van der Waals surface area contributed by atoms with Crippen LogP contribution in [0.15, 0.2) is 182 Å². The maximum absolute atomic E-state index is 9.37. The summed E-state index contributed by atoms with van der Waals surface area (Å²) in [6.07, 6.45) is 0.410. The monoisotopic (exact) mass is 707 g/mol. The second-order valence-corrected chi connectivity index (χ2v) is 13.2. The summed E-state index contributed by atoms with van der Waals surface area (Å²) in [5.74, 6) is 0. The molecule has 0 unspecified atom stereocenters. The average Bonchev–Trinajstić information content (AvgIpc) is 3.66. The van der Waals surface area contributed by atoms with Gasteiger partial charge in [-0.1, -0.05) is 109 Å². The molecule has 0 bridgehead atoms. The molecule has 8 aromatic rings. The van der Waals surface area contributed by atoms with Gasteiger partial charge in [0.1, 0.15) is 11.0 Å². The van der Waals surface area contributed by atoms with Gasteiger partial charge < -0.3 is 20.0 Å². The molecular formula is C47H41N5O2. The molecule has 7 aromatic carbocycles. The Bertz CT molecular complexity index is 2160. The molecule has 0 amide bonds. The number of unbranched alkanes of at least 4 members (excludes halogenated alkanes) is 1. The number of benzene rings is 7. The second kappa shape index (κ2) is 16.0. The first-order valence-corrected chi connectivity index (χ1v) is 18.4. The molecule has 0 fully saturated rings. The van der Waals surface area contributed by atoms with Crippen molar-refractivity contribution in [1.29, 1.82) is 0 Å². The molecule has 1 heterocycles. The standard InChI is InChI=1S/C47H41N5O2/c53-45(54)23-13-14-34-50-48-46-43(35-24-28-41(29-25-35)51(37-15-5-1-6-16-37)38-17-7-2-8-18-38)32-33-44(47(46)49-50)36-26-30-42(31-27-36)52(39-19-9-3-10-20-39)40-21-11-4-12-22-40/h1-12,15-22,24-33,45,53-54H,13-14,23,34H2. The third kappa shape index (κ3) is 7.50. The van der Waals surface area contributed by atoms with E-state index in [-0.39, 0.29) is 0 Å². The third-order valence-electron chi connectivity index (χ3n) is 9.58. The zero-order chi connectivity index (χ0) is 36.7. The summed E-state index contributed by atoms with van der Waals surface area (Å²) in [5.41, 5.74) is 12.2. The third-order valence-corrected chi connectivity index (χ3v) is 9.58. The first-order chi connectivity index (χ1) is 26.6. The molecule has 266 valence electrons. The van der Waals surface area contributed by atoms with Gasteiger partial charge >= 0.3 is 0 Å². The number of fused-ring (bicyclic) bond motifs is 1. The Balaban J connectivity index is 1.16. The van der Waals surface area contributed by atoms with Gasteiger partial charge in [-0.25, -0.2) is 0 Å². The Labute approximate surface area is 315 Å². The number of rotatable bonds is 13. The van der Waals surface area contributed by atoms with E-state index in [1.807, 2.05) is 24.3 Å². The molecule has 0 saturated carbocycles. The summed E-state index contributed by atoms with van der Waals surface area (Å²) in [4.78, 5) is 6.26. The summed E-state index contributed by atoms with van der Waals surface area (Å²) >= 11 is 0. The number of aryl methyl sites for hydroxylation is 1. The lowest BCUT2D eigenvalue weighted by Gasteiger charge is -2.25. The zero-order valence-corrected chi connectivity index (χ0v) is 29.9. The fraction of sp³-hybridized carbons (Fsp3) is 0.106. The number of hydrogen-bond donors (Lipinski definition) is 2. The Morgan fingerprint density at radius 1 is 0.407 bits per heavy atom. The highest BCUT2D eigenvalue weighted by Gasteiger charge is 2.18. The maximum Gasteiger partial charge on any atom is 0.151 e. The second-order valence-electron chi connectivity index (χ2n) is 13.2. The molecule has 0 aliphatic carbocycles. The number of anilines is 6. The molecule has 0 aliphatic heterocycles. The van der Waals surface area contributed by atoms with Crippen molar-refractivity contribution < 1.29 is 10.2 Å². The highest BCUT2D eigenvalue weighted by atomic mass is 16.5. The number of para-hydroxylation sites is 4. The first-order valence-electron chi connectivity index (χ1n) is 18.4. The molecule has 0 spiro atoms. The van der Waals surface area contributed by atoms with Crippen LogP contribution in [0.4, 0.5) is 34.1 Å². The van der Waals surface area contributed by atoms with Crippen molar-refractivity contribution in [3.63, 3.8) is 0 Å². The maximum atomic E-state index is 9.37. The minimum absolute atomic E-state index is 0.321. The Morgan fingerprint density at radius 2 is 0.741 bits per heavy atom. The van der Waals surface area contributed by atoms with Crippen LogP contribution in [-0.4, -0.2) is 31.5 Å². The minimum atomic E-state index is -1.31. The Morgan fingerprint density at radius 3 is 1.07 bits per heavy atom. The van der Waals surface area contributed by atoms with Crippen LogP contribution in [0.25, 0.3) is 33.3 Å². The van der Waals surface area contributed by atoms with Crippen molar-refractivity contribution in [2.24, 2.45) is 0 Å². The lowest BCUT2D eigenvalue weighted by Crippen LogP contribution is -2.09. The quantitative estimate of drug-likeness (QED) is 0.0917. The molecule has 0 radical (unpaired) electrons. The van der Waals surface area contributed by atoms with E-state index < -0.39 is 6.29 Å². The molecule has 0 aliphatic rings. The van der Waals surface area contributed by atoms with Crippen LogP contribution in [0.3, 0.4) is 0 Å². The van der Waals surface area contributed by atoms with E-state index in [0.29, 0.717) is 19.4 Å². The van der Waals surface area contributed by atoms with Crippen LogP contribution in [0.1, 0.15) is 19.3 Å². The van der Waals surface area contributed by atoms with Crippen molar-refractivity contribution in [3.05, 3.63) is 182 Å². The molecular weight excluding hydrogens is 667 g/mol. The number of aromatic nitrogens is 3. The predicted octanol–water partition coefficient (Wildman–Crippen LogP) is 11.2. The van der Waals surface area contributed by atoms with E-state index in [9.17, 15) is 10.2 Å². The smallest absolute Gasteiger partial charge is 0.151 e. The number of hydrogen-bond acceptors (Lipinski definition) is 6. The van der Waals surface area contributed by atoms with Gasteiger partial charge in [-0.3, -0.25) is 0 Å². The summed E-state index contributed by atoms with van der Waals surface area (Å²) < 4.78 is 0. The van der Waals surface area contributed by atoms with Gasteiger partial charge in [-0.15, -0.1) is 0 Å². The molecule has 8 rings (SSSR count). The van der Waals surface area contributed by atoms with Gasteiger partial charge in [0.2, 0.25) is 0 Å². The fourth-order valence-corrected chi connectivity index (χ4v) is 6.96. The highest BCUT2D eigenvalue weighted by Crippen LogP contribution is 2.39. The van der Waals surface area contributed by atoms with Gasteiger partial charge in [0, 0.05) is 45.3 Å². The average molecular weight is 708 g/mol. The lowest BCUT2D eigenvalue weighted by atomic mass is 9.97. The molecule has 1 aromatic heterocycles. The van der Waals surface area contributed by atoms with Crippen LogP contribution in [0.2, 0.25) is 0 Å². The molecule has 0 atom stereocenters. The molecule has 54 heavy (non-hydrogen) atoms. The van der Waals surface area contributed by atoms with Crippen LogP contribution >= 0.6 is 0 Å². The zero-order valence-electron chi connectivity index (χ0n) is 29.9.